The van der Waals surface area contributed by atoms with Crippen LogP contribution in [0.25, 0.3) is 0 Å². The Morgan fingerprint density at radius 3 is 0.431 bits per heavy atom. The molecular formula is C78H102N9O12P3. The Bertz CT molecular complexity index is 3600. The van der Waals surface area contributed by atoms with Crippen molar-refractivity contribution in [2.45, 2.75) is 268 Å². The van der Waals surface area contributed by atoms with Gasteiger partial charge in [-0.3, -0.25) is 0 Å². The largest absolute Gasteiger partial charge is 0.460 e. The zero-order valence-electron chi connectivity index (χ0n) is 62.6. The summed E-state index contributed by atoms with van der Waals surface area (Å²) in [5.74, 6) is 1.37. The highest BCUT2D eigenvalue weighted by atomic mass is 31.3. The monoisotopic (exact) mass is 1450 g/mol. The molecule has 6 aromatic rings. The number of benzene rings is 6. The Hall–Kier alpha value is -5.67. The number of nitrogens with zero attached hydrogens (tertiary/aromatic N) is 9. The van der Waals surface area contributed by atoms with Crippen molar-refractivity contribution in [3.8, 4) is 34.5 Å². The molecule has 0 amide bonds. The van der Waals surface area contributed by atoms with Crippen LogP contribution < -0.4 is 27.1 Å². The number of rotatable bonds is 18. The minimum Gasteiger partial charge on any atom is -0.413 e. The first-order chi connectivity index (χ1) is 47.4. The minimum atomic E-state index is -4.63. The molecule has 7 aliphatic heterocycles. The van der Waals surface area contributed by atoms with Gasteiger partial charge in [-0.05, 0) is 308 Å². The van der Waals surface area contributed by atoms with Crippen LogP contribution in [0.4, 0.5) is 0 Å². The van der Waals surface area contributed by atoms with Crippen molar-refractivity contribution in [3.63, 3.8) is 0 Å². The Morgan fingerprint density at radius 1 is 0.216 bits per heavy atom. The van der Waals surface area contributed by atoms with Gasteiger partial charge in [0.15, 0.2) is 0 Å². The first-order valence-corrected chi connectivity index (χ1v) is 40.6. The SMILES string of the molecule is CC1(C)CC[C@@](C)(c2ccc(OP3(Oc4ccc([C@]5(C)CCC(C)(C)N5[O])cc4)=NP(Oc4ccc([C@]5(C)CCC(C)(C)N5[O])cc4)(Oc4ccc([C@]5(C)CCC(C)(C)N5[O])cc4)=NP(Oc4ccc([C@]5(C)CCC(C)(C)N5[O])cc4)(Oc4ccc([C@]5(C)CCC(C)(C)N5[O])cc4)=N3)cc2)N1[O]. The normalized spacial score (nSPS) is 31.4. The van der Waals surface area contributed by atoms with Crippen molar-refractivity contribution in [3.05, 3.63) is 179 Å². The average molecular weight is 1450 g/mol. The second kappa shape index (κ2) is 25.2. The fourth-order valence-corrected chi connectivity index (χ4v) is 26.0. The maximum atomic E-state index is 14.2. The van der Waals surface area contributed by atoms with E-state index in [1.807, 2.05) is 197 Å². The topological polar surface area (TPSA) is 231 Å². The van der Waals surface area contributed by atoms with E-state index in [4.69, 9.17) is 40.7 Å². The van der Waals surface area contributed by atoms with Crippen molar-refractivity contribution in [2.75, 3.05) is 0 Å². The van der Waals surface area contributed by atoms with Gasteiger partial charge in [-0.1, -0.05) is 86.3 Å². The molecular weight excluding hydrogens is 1350 g/mol. The molecule has 6 fully saturated rings. The molecule has 0 saturated carbocycles. The smallest absolute Gasteiger partial charge is 0.413 e. The molecule has 0 bridgehead atoms. The second-order valence-corrected chi connectivity index (χ2v) is 40.9. The van der Waals surface area contributed by atoms with E-state index in [-0.39, 0.29) is 34.5 Å². The van der Waals surface area contributed by atoms with Crippen molar-refractivity contribution in [1.82, 2.24) is 30.4 Å². The van der Waals surface area contributed by atoms with Gasteiger partial charge in [-0.2, -0.15) is 0 Å². The highest BCUT2D eigenvalue weighted by Crippen LogP contribution is 2.79. The van der Waals surface area contributed by atoms with Crippen LogP contribution in [0.15, 0.2) is 159 Å². The van der Waals surface area contributed by atoms with Crippen LogP contribution in [0.5, 0.6) is 34.5 Å². The molecule has 7 heterocycles. The lowest BCUT2D eigenvalue weighted by Crippen LogP contribution is -2.44. The van der Waals surface area contributed by atoms with Crippen LogP contribution in [0.1, 0.15) is 235 Å². The van der Waals surface area contributed by atoms with Crippen LogP contribution >= 0.6 is 23.0 Å². The van der Waals surface area contributed by atoms with E-state index in [2.05, 4.69) is 0 Å². The molecule has 6 aromatic carbocycles. The molecule has 6 atom stereocenters. The summed E-state index contributed by atoms with van der Waals surface area (Å²) in [5, 5.41) is 92.2. The van der Waals surface area contributed by atoms with Gasteiger partial charge >= 0.3 is 23.0 Å². The Balaban J connectivity index is 1.06. The minimum absolute atomic E-state index is 0.229. The van der Waals surface area contributed by atoms with E-state index in [1.165, 1.54) is 30.4 Å². The lowest BCUT2D eigenvalue weighted by Gasteiger charge is -2.36. The van der Waals surface area contributed by atoms with Gasteiger partial charge in [0.1, 0.15) is 34.5 Å². The van der Waals surface area contributed by atoms with Crippen molar-refractivity contribution >= 4 is 23.0 Å². The lowest BCUT2D eigenvalue weighted by atomic mass is 9.90. The lowest BCUT2D eigenvalue weighted by molar-refractivity contribution is -0.252. The van der Waals surface area contributed by atoms with E-state index >= 15 is 0 Å². The van der Waals surface area contributed by atoms with Crippen molar-refractivity contribution < 1.29 is 58.4 Å². The van der Waals surface area contributed by atoms with E-state index in [0.717, 1.165) is 33.4 Å². The molecule has 0 spiro atoms. The van der Waals surface area contributed by atoms with E-state index in [9.17, 15) is 31.2 Å². The van der Waals surface area contributed by atoms with Gasteiger partial charge in [0.25, 0.3) is 0 Å². The molecule has 24 heteroatoms. The van der Waals surface area contributed by atoms with Gasteiger partial charge in [-0.15, -0.1) is 61.6 Å². The van der Waals surface area contributed by atoms with Crippen LogP contribution in [-0.2, 0) is 64.5 Å². The predicted octanol–water partition coefficient (Wildman–Crippen LogP) is 20.9. The molecule has 0 aliphatic carbocycles. The first-order valence-electron chi connectivity index (χ1n) is 36.0. The van der Waals surface area contributed by atoms with Gasteiger partial charge < -0.3 is 27.1 Å². The van der Waals surface area contributed by atoms with Crippen molar-refractivity contribution in [1.29, 1.82) is 0 Å². The maximum absolute atomic E-state index is 14.2. The zero-order chi connectivity index (χ0) is 73.7. The van der Waals surface area contributed by atoms with E-state index in [1.54, 1.807) is 72.8 Å². The molecule has 0 N–H and O–H groups in total. The average Bonchev–Trinajstić information content (AvgIpc) is 1.60. The highest BCUT2D eigenvalue weighted by molar-refractivity contribution is 7.79. The molecule has 0 unspecified atom stereocenters. The Kier molecular flexibility index (Phi) is 18.5. The van der Waals surface area contributed by atoms with Gasteiger partial charge in [-0.25, -0.2) is 0 Å². The van der Waals surface area contributed by atoms with Crippen LogP contribution in [0, 0.1) is 0 Å². The summed E-state index contributed by atoms with van der Waals surface area (Å²) in [4.78, 5) is 0. The second-order valence-electron chi connectivity index (χ2n) is 34.7. The highest BCUT2D eigenvalue weighted by Gasteiger charge is 2.56. The Labute approximate surface area is 603 Å². The third-order valence-corrected chi connectivity index (χ3v) is 32.3. The summed E-state index contributed by atoms with van der Waals surface area (Å²) in [7, 11) is -13.9. The van der Waals surface area contributed by atoms with Gasteiger partial charge in [0.05, 0.1) is 33.2 Å². The third kappa shape index (κ3) is 12.9. The quantitative estimate of drug-likeness (QED) is 0.0731. The van der Waals surface area contributed by atoms with Gasteiger partial charge in [0, 0.05) is 33.2 Å². The van der Waals surface area contributed by atoms with Gasteiger partial charge in [0.2, 0.25) is 0 Å². The molecule has 13 rings (SSSR count). The summed E-state index contributed by atoms with van der Waals surface area (Å²) in [6, 6.07) is 43.5. The first kappa shape index (κ1) is 74.6. The summed E-state index contributed by atoms with van der Waals surface area (Å²) in [6.07, 6.45) is 7.72. The molecule has 6 radical (unpaired) electrons. The number of hydrogen-bond acceptors (Lipinski definition) is 15. The molecule has 102 heavy (non-hydrogen) atoms. The standard InChI is InChI=1S/C78H102N9O12P3/c1-67(2)43-49-73(13,82(67)88)55-19-31-61(32-20-55)94-100(95-62-33-21-56(22-34-62)74(14)50-44-68(3,4)83(74)89)79-101(96-63-35-23-57(24-36-63)75(15)51-45-69(5,6)84(75)90,97-64-37-25-58(26-38-64)76(16)52-46-70(7,8)85(76)91)81-102(80-100,98-65-39-27-59(28-40-65)77(17)53-47-71(9,10)86(77)92)99-66-41-29-60(30-42-66)78(18)54-48-72(11,12)87(78)93/h19-42H,43-54H2,1-18H3/t73-,74-,75-,76-,77-,78-/m0/s1. The predicted molar refractivity (Wildman–Crippen MR) is 390 cm³/mol. The number of hydroxylamine groups is 12. The number of hydrogen-bond donors (Lipinski definition) is 0. The fraction of sp³-hybridized carbons (Fsp3) is 0.538. The fourth-order valence-electron chi connectivity index (χ4n) is 16.9. The Morgan fingerprint density at radius 2 is 0.333 bits per heavy atom. The summed E-state index contributed by atoms with van der Waals surface area (Å²) in [6.45, 7) is 35.1. The zero-order valence-corrected chi connectivity index (χ0v) is 65.3. The van der Waals surface area contributed by atoms with Crippen LogP contribution in [0.2, 0.25) is 0 Å². The van der Waals surface area contributed by atoms with E-state index in [0.29, 0.717) is 77.0 Å². The van der Waals surface area contributed by atoms with E-state index < -0.39 is 89.4 Å². The van der Waals surface area contributed by atoms with Crippen molar-refractivity contribution in [2.24, 2.45) is 13.5 Å². The summed E-state index contributed by atoms with van der Waals surface area (Å²) >= 11 is 0. The molecule has 546 valence electrons. The molecule has 6 saturated heterocycles. The van der Waals surface area contributed by atoms with Crippen LogP contribution in [-0.4, -0.2) is 63.6 Å². The van der Waals surface area contributed by atoms with Crippen LogP contribution in [0.3, 0.4) is 0 Å². The third-order valence-electron chi connectivity index (χ3n) is 24.2. The summed E-state index contributed by atoms with van der Waals surface area (Å²) in [5.41, 5.74) is -4.34. The summed E-state index contributed by atoms with van der Waals surface area (Å²) < 4.78 is 61.7. The molecule has 7 aliphatic rings. The molecule has 21 nitrogen and oxygen atoms in total. The maximum Gasteiger partial charge on any atom is 0.460 e. The molecule has 0 aromatic heterocycles.